The number of benzene rings is 8. The average molecular weight is 967 g/mol. The molecule has 0 aliphatic heterocycles. The van der Waals surface area contributed by atoms with Gasteiger partial charge in [0.2, 0.25) is 0 Å². The Morgan fingerprint density at radius 1 is 0.253 bits per heavy atom. The molecule has 12 aromatic rings. The summed E-state index contributed by atoms with van der Waals surface area (Å²) in [5.41, 5.74) is 14.5. The van der Waals surface area contributed by atoms with Crippen molar-refractivity contribution in [3.63, 3.8) is 0 Å². The van der Waals surface area contributed by atoms with Crippen LogP contribution in [0.1, 0.15) is 38.2 Å². The topological polar surface area (TPSA) is 172 Å². The summed E-state index contributed by atoms with van der Waals surface area (Å²) < 4.78 is 0. The molecule has 0 radical (unpaired) electrons. The van der Waals surface area contributed by atoms with E-state index in [0.717, 1.165) is 89.0 Å². The summed E-state index contributed by atoms with van der Waals surface area (Å²) in [6, 6.07) is 62.5. The minimum Gasteiger partial charge on any atom is -0.289 e. The lowest BCUT2D eigenvalue weighted by Crippen LogP contribution is -2.38. The van der Waals surface area contributed by atoms with E-state index in [1.165, 1.54) is 50.6 Å². The summed E-state index contributed by atoms with van der Waals surface area (Å²) in [6.45, 7) is 0. The highest BCUT2D eigenvalue weighted by molar-refractivity contribution is 6.14. The van der Waals surface area contributed by atoms with Gasteiger partial charge in [-0.2, -0.15) is 0 Å². The molecule has 0 atom stereocenters. The van der Waals surface area contributed by atoms with Gasteiger partial charge in [0.25, 0.3) is 0 Å². The van der Waals surface area contributed by atoms with Gasteiger partial charge < -0.3 is 0 Å². The standard InChI is InChI=1S/C62H38N12O/c75-57-53-17-1-3-19-55(53)62(56-20-4-2-18-54(56)57,51-27-47(39-9-5-13-43(21-39)58-67-31-63-32-68-58)25-48(28-51)40-10-6-14-44(22-40)59-69-33-64-34-70-59)52-29-49(41-11-7-15-45(23-41)60-71-35-65-36-72-60)26-50(30-52)42-12-8-16-46(24-42)61-73-37-66-38-74-61/h1-38H. The molecule has 1 aliphatic carbocycles. The van der Waals surface area contributed by atoms with Gasteiger partial charge in [-0.1, -0.05) is 121 Å². The number of carbonyl (C=O) groups excluding carboxylic acids is 1. The Bertz CT molecular complexity index is 3640. The second kappa shape index (κ2) is 18.9. The molecule has 0 saturated heterocycles. The first-order valence-corrected chi connectivity index (χ1v) is 24.0. The van der Waals surface area contributed by atoms with Crippen LogP contribution in [0.2, 0.25) is 0 Å². The molecule has 352 valence electrons. The molecule has 1 aliphatic rings. The van der Waals surface area contributed by atoms with Crippen LogP contribution in [0.25, 0.3) is 90.1 Å². The maximum absolute atomic E-state index is 15.0. The van der Waals surface area contributed by atoms with E-state index in [2.05, 4.69) is 157 Å². The maximum atomic E-state index is 15.0. The first kappa shape index (κ1) is 44.4. The third-order valence-electron chi connectivity index (χ3n) is 13.7. The zero-order valence-corrected chi connectivity index (χ0v) is 39.7. The molecule has 13 nitrogen and oxygen atoms in total. The molecule has 4 aromatic heterocycles. The van der Waals surface area contributed by atoms with Crippen molar-refractivity contribution < 1.29 is 4.79 Å². The lowest BCUT2D eigenvalue weighted by Gasteiger charge is -2.42. The van der Waals surface area contributed by atoms with Crippen LogP contribution in [0.3, 0.4) is 0 Å². The van der Waals surface area contributed by atoms with Crippen molar-refractivity contribution in [2.45, 2.75) is 5.41 Å². The Labute approximate surface area is 430 Å². The van der Waals surface area contributed by atoms with Crippen LogP contribution in [0.5, 0.6) is 0 Å². The first-order chi connectivity index (χ1) is 37.1. The van der Waals surface area contributed by atoms with Crippen LogP contribution < -0.4 is 0 Å². The van der Waals surface area contributed by atoms with E-state index < -0.39 is 5.41 Å². The third kappa shape index (κ3) is 8.16. The van der Waals surface area contributed by atoms with Crippen LogP contribution in [-0.2, 0) is 5.41 Å². The summed E-state index contributed by atoms with van der Waals surface area (Å²) in [5, 5.41) is 0. The van der Waals surface area contributed by atoms with Crippen molar-refractivity contribution in [3.05, 3.63) is 266 Å². The smallest absolute Gasteiger partial charge is 0.193 e. The van der Waals surface area contributed by atoms with Crippen molar-refractivity contribution in [2.24, 2.45) is 0 Å². The summed E-state index contributed by atoms with van der Waals surface area (Å²) in [4.78, 5) is 67.4. The predicted molar refractivity (Wildman–Crippen MR) is 285 cm³/mol. The highest BCUT2D eigenvalue weighted by Gasteiger charge is 2.47. The van der Waals surface area contributed by atoms with E-state index in [1.54, 1.807) is 0 Å². The molecule has 0 spiro atoms. The number of hydrogen-bond acceptors (Lipinski definition) is 13. The van der Waals surface area contributed by atoms with Gasteiger partial charge >= 0.3 is 0 Å². The number of ketones is 1. The monoisotopic (exact) mass is 966 g/mol. The Morgan fingerprint density at radius 3 is 0.800 bits per heavy atom. The predicted octanol–water partition coefficient (Wildman–Crippen LogP) is 11.7. The largest absolute Gasteiger partial charge is 0.289 e. The molecular weight excluding hydrogens is 929 g/mol. The van der Waals surface area contributed by atoms with Gasteiger partial charge in [-0.15, -0.1) is 0 Å². The van der Waals surface area contributed by atoms with Gasteiger partial charge in [-0.25, -0.2) is 59.8 Å². The Morgan fingerprint density at radius 2 is 0.507 bits per heavy atom. The quantitative estimate of drug-likeness (QED) is 0.127. The molecule has 75 heavy (non-hydrogen) atoms. The molecule has 0 N–H and O–H groups in total. The van der Waals surface area contributed by atoms with E-state index in [9.17, 15) is 0 Å². The van der Waals surface area contributed by atoms with Crippen molar-refractivity contribution >= 4 is 5.78 Å². The minimum atomic E-state index is -1.12. The van der Waals surface area contributed by atoms with Gasteiger partial charge in [0.15, 0.2) is 29.1 Å². The van der Waals surface area contributed by atoms with E-state index in [0.29, 0.717) is 34.4 Å². The Hall–Kier alpha value is -10.5. The molecule has 0 amide bonds. The van der Waals surface area contributed by atoms with Gasteiger partial charge in [-0.3, -0.25) is 4.79 Å². The molecule has 4 heterocycles. The number of carbonyl (C=O) groups is 1. The first-order valence-electron chi connectivity index (χ1n) is 24.0. The normalized spacial score (nSPS) is 12.4. The van der Waals surface area contributed by atoms with Gasteiger partial charge in [0.1, 0.15) is 50.6 Å². The molecule has 13 heteroatoms. The fourth-order valence-corrected chi connectivity index (χ4v) is 10.4. The zero-order chi connectivity index (χ0) is 50.1. The second-order valence-corrected chi connectivity index (χ2v) is 17.9. The molecule has 0 bridgehead atoms. The van der Waals surface area contributed by atoms with Crippen molar-refractivity contribution in [1.82, 2.24) is 59.8 Å². The minimum absolute atomic E-state index is 0.0465. The molecule has 8 aromatic carbocycles. The number of aromatic nitrogens is 12. The zero-order valence-electron chi connectivity index (χ0n) is 39.7. The van der Waals surface area contributed by atoms with Crippen molar-refractivity contribution in [1.29, 1.82) is 0 Å². The van der Waals surface area contributed by atoms with E-state index in [-0.39, 0.29) is 5.78 Å². The Balaban J connectivity index is 1.14. The molecule has 0 saturated carbocycles. The lowest BCUT2D eigenvalue weighted by molar-refractivity contribution is 0.103. The van der Waals surface area contributed by atoms with Crippen LogP contribution >= 0.6 is 0 Å². The summed E-state index contributed by atoms with van der Waals surface area (Å²) in [6.07, 6.45) is 12.0. The number of rotatable bonds is 10. The number of hydrogen-bond donors (Lipinski definition) is 0. The van der Waals surface area contributed by atoms with E-state index in [4.69, 9.17) is 0 Å². The summed E-state index contributed by atoms with van der Waals surface area (Å²) in [5.74, 6) is 2.18. The number of fused-ring (bicyclic) bond motifs is 2. The highest BCUT2D eigenvalue weighted by Crippen LogP contribution is 2.53. The van der Waals surface area contributed by atoms with Crippen LogP contribution in [0, 0.1) is 0 Å². The van der Waals surface area contributed by atoms with Crippen molar-refractivity contribution in [2.75, 3.05) is 0 Å². The van der Waals surface area contributed by atoms with Gasteiger partial charge in [-0.05, 0) is 127 Å². The third-order valence-corrected chi connectivity index (χ3v) is 13.7. The summed E-state index contributed by atoms with van der Waals surface area (Å²) in [7, 11) is 0. The molecule has 13 rings (SSSR count). The van der Waals surface area contributed by atoms with Crippen molar-refractivity contribution in [3.8, 4) is 90.1 Å². The van der Waals surface area contributed by atoms with E-state index in [1.807, 2.05) is 84.9 Å². The summed E-state index contributed by atoms with van der Waals surface area (Å²) >= 11 is 0. The molecular formula is C62H38N12O. The molecule has 0 unspecified atom stereocenters. The van der Waals surface area contributed by atoms with Gasteiger partial charge in [0.05, 0.1) is 5.41 Å². The fourth-order valence-electron chi connectivity index (χ4n) is 10.4. The SMILES string of the molecule is O=C1c2ccccc2C(c2cc(-c3cccc(-c4ncncn4)c3)cc(-c3cccc(-c4ncncn4)c3)c2)(c2cc(-c3cccc(-c4ncncn4)c3)cc(-c3cccc(-c4ncncn4)c3)c2)c2ccccc21. The van der Waals surface area contributed by atoms with Crippen LogP contribution in [0.4, 0.5) is 0 Å². The molecule has 0 fully saturated rings. The number of nitrogens with zero attached hydrogens (tertiary/aromatic N) is 12. The van der Waals surface area contributed by atoms with Crippen LogP contribution in [0.15, 0.2) is 233 Å². The second-order valence-electron chi connectivity index (χ2n) is 17.9. The lowest BCUT2D eigenvalue weighted by atomic mass is 9.58. The van der Waals surface area contributed by atoms with Crippen LogP contribution in [-0.4, -0.2) is 65.6 Å². The highest BCUT2D eigenvalue weighted by atomic mass is 16.1. The van der Waals surface area contributed by atoms with Gasteiger partial charge in [0, 0.05) is 33.4 Å². The van der Waals surface area contributed by atoms with E-state index >= 15 is 4.79 Å². The average Bonchev–Trinajstić information content (AvgIpc) is 3.51. The fraction of sp³-hybridized carbons (Fsp3) is 0.0161. The maximum Gasteiger partial charge on any atom is 0.193 e. The Kier molecular flexibility index (Phi) is 11.2.